The number of benzene rings is 1. The molecule has 6 atom stereocenters. The zero-order valence-electron chi connectivity index (χ0n) is 22.3. The van der Waals surface area contributed by atoms with E-state index in [1.54, 1.807) is 12.1 Å². The maximum Gasteiger partial charge on any atom is 0.335 e. The summed E-state index contributed by atoms with van der Waals surface area (Å²) >= 11 is 0. The lowest BCUT2D eigenvalue weighted by Crippen LogP contribution is -2.53. The molecule has 5 rings (SSSR count). The van der Waals surface area contributed by atoms with Gasteiger partial charge in [0.15, 0.2) is 6.61 Å². The maximum absolute atomic E-state index is 12.2. The van der Waals surface area contributed by atoms with Gasteiger partial charge in [0.1, 0.15) is 0 Å². The van der Waals surface area contributed by atoms with E-state index in [0.29, 0.717) is 24.3 Å². The Labute approximate surface area is 219 Å². The number of hydrogen-bond donors (Lipinski definition) is 3. The second-order valence-corrected chi connectivity index (χ2v) is 12.4. The van der Waals surface area contributed by atoms with Crippen LogP contribution in [0.4, 0.5) is 0 Å². The normalized spacial score (nSPS) is 37.7. The van der Waals surface area contributed by atoms with E-state index < -0.39 is 11.6 Å². The minimum Gasteiger partial charge on any atom is -0.478 e. The van der Waals surface area contributed by atoms with Gasteiger partial charge in [-0.1, -0.05) is 36.7 Å². The smallest absolute Gasteiger partial charge is 0.335 e. The number of fused-ring (bicyclic) bond motifs is 5. The van der Waals surface area contributed by atoms with Crippen molar-refractivity contribution in [1.29, 1.82) is 0 Å². The Morgan fingerprint density at radius 3 is 2.49 bits per heavy atom. The number of carboxylic acid groups (broad SMARTS) is 1. The number of hydrogen-bond acceptors (Lipinski definition) is 5. The molecule has 0 heterocycles. The van der Waals surface area contributed by atoms with Crippen molar-refractivity contribution >= 4 is 17.6 Å². The van der Waals surface area contributed by atoms with Crippen LogP contribution in [0.1, 0.15) is 88.1 Å². The molecule has 0 saturated heterocycles. The van der Waals surface area contributed by atoms with Crippen LogP contribution < -0.4 is 5.32 Å². The number of aromatic carboxylic acids is 1. The van der Waals surface area contributed by atoms with Crippen LogP contribution >= 0.6 is 0 Å². The molecule has 7 heteroatoms. The summed E-state index contributed by atoms with van der Waals surface area (Å²) in [6, 6.07) is 6.42. The van der Waals surface area contributed by atoms with Gasteiger partial charge >= 0.3 is 5.97 Å². The van der Waals surface area contributed by atoms with Crippen LogP contribution in [-0.2, 0) is 16.2 Å². The number of rotatable bonds is 6. The molecule has 200 valence electrons. The number of amides is 1. The standard InChI is InChI=1S/C30H40N2O5/c1-28-13-10-22(32-37-18-26(33)31-17-19-4-6-20(7-5-19)27(34)35)16-21(28)8-9-23-24(28)11-14-29(2)25(23)12-15-30(29,3)36/h4-7,16,23-25,36H,8-15,17-18H2,1-3H3,(H,31,33)(H,34,35). The van der Waals surface area contributed by atoms with Gasteiger partial charge in [0.2, 0.25) is 0 Å². The topological polar surface area (TPSA) is 108 Å². The van der Waals surface area contributed by atoms with E-state index in [-0.39, 0.29) is 28.9 Å². The second kappa shape index (κ2) is 9.57. The monoisotopic (exact) mass is 508 g/mol. The molecule has 37 heavy (non-hydrogen) atoms. The van der Waals surface area contributed by atoms with Crippen LogP contribution in [0.25, 0.3) is 0 Å². The number of nitrogens with zero attached hydrogens (tertiary/aromatic N) is 1. The van der Waals surface area contributed by atoms with E-state index in [0.717, 1.165) is 49.8 Å². The Morgan fingerprint density at radius 1 is 1.03 bits per heavy atom. The van der Waals surface area contributed by atoms with Gasteiger partial charge < -0.3 is 20.4 Å². The summed E-state index contributed by atoms with van der Waals surface area (Å²) in [5, 5.41) is 27.2. The van der Waals surface area contributed by atoms with Crippen molar-refractivity contribution in [2.75, 3.05) is 6.61 Å². The highest BCUT2D eigenvalue weighted by molar-refractivity contribution is 5.96. The number of aliphatic hydroxyl groups is 1. The third kappa shape index (κ3) is 4.60. The number of carbonyl (C=O) groups excluding carboxylic acids is 1. The summed E-state index contributed by atoms with van der Waals surface area (Å²) in [7, 11) is 0. The molecule has 0 bridgehead atoms. The van der Waals surface area contributed by atoms with Gasteiger partial charge in [0.05, 0.1) is 16.9 Å². The van der Waals surface area contributed by atoms with Crippen molar-refractivity contribution < 1.29 is 24.6 Å². The molecule has 7 nitrogen and oxygen atoms in total. The highest BCUT2D eigenvalue weighted by Crippen LogP contribution is 2.67. The van der Waals surface area contributed by atoms with Crippen LogP contribution in [0.5, 0.6) is 0 Å². The van der Waals surface area contributed by atoms with Gasteiger partial charge in [0.25, 0.3) is 5.91 Å². The van der Waals surface area contributed by atoms with Crippen LogP contribution in [0.15, 0.2) is 41.1 Å². The quantitative estimate of drug-likeness (QED) is 0.464. The van der Waals surface area contributed by atoms with E-state index in [9.17, 15) is 14.7 Å². The van der Waals surface area contributed by atoms with Gasteiger partial charge in [-0.25, -0.2) is 4.79 Å². The SMILES string of the molecule is CC12CCC(=NOCC(=O)NCc3ccc(C(=O)O)cc3)C=C1CCC1C2CCC2(C)C1CCC2(C)O. The van der Waals surface area contributed by atoms with Crippen molar-refractivity contribution in [3.8, 4) is 0 Å². The molecule has 1 aromatic carbocycles. The summed E-state index contributed by atoms with van der Waals surface area (Å²) in [5.41, 5.74) is 3.11. The number of carboxylic acids is 1. The molecule has 0 spiro atoms. The van der Waals surface area contributed by atoms with E-state index in [2.05, 4.69) is 37.3 Å². The van der Waals surface area contributed by atoms with Crippen molar-refractivity contribution in [3.63, 3.8) is 0 Å². The Morgan fingerprint density at radius 2 is 1.76 bits per heavy atom. The molecule has 3 N–H and O–H groups in total. The van der Waals surface area contributed by atoms with Crippen molar-refractivity contribution in [3.05, 3.63) is 47.0 Å². The lowest BCUT2D eigenvalue weighted by Gasteiger charge is -2.59. The van der Waals surface area contributed by atoms with Crippen molar-refractivity contribution in [2.24, 2.45) is 33.7 Å². The van der Waals surface area contributed by atoms with Crippen molar-refractivity contribution in [1.82, 2.24) is 5.32 Å². The summed E-state index contributed by atoms with van der Waals surface area (Å²) in [6.07, 6.45) is 10.8. The molecule has 1 amide bonds. The summed E-state index contributed by atoms with van der Waals surface area (Å²) < 4.78 is 0. The number of carbonyl (C=O) groups is 2. The number of allylic oxidation sites excluding steroid dienone is 2. The van der Waals surface area contributed by atoms with Gasteiger partial charge in [-0.3, -0.25) is 4.79 Å². The first-order chi connectivity index (χ1) is 17.5. The third-order valence-electron chi connectivity index (χ3n) is 10.6. The van der Waals surface area contributed by atoms with Crippen LogP contribution in [0, 0.1) is 28.6 Å². The molecular formula is C30H40N2O5. The molecule has 3 saturated carbocycles. The first kappa shape index (κ1) is 26.0. The Kier molecular flexibility index (Phi) is 6.71. The molecule has 1 aromatic rings. The zero-order valence-corrected chi connectivity index (χ0v) is 22.3. The summed E-state index contributed by atoms with van der Waals surface area (Å²) in [4.78, 5) is 28.6. The Bertz CT molecular complexity index is 1120. The first-order valence-electron chi connectivity index (χ1n) is 13.7. The molecule has 0 aromatic heterocycles. The largest absolute Gasteiger partial charge is 0.478 e. The first-order valence-corrected chi connectivity index (χ1v) is 13.7. The molecule has 0 aliphatic heterocycles. The molecular weight excluding hydrogens is 468 g/mol. The predicted molar refractivity (Wildman–Crippen MR) is 141 cm³/mol. The Hall–Kier alpha value is -2.67. The van der Waals surface area contributed by atoms with E-state index >= 15 is 0 Å². The fourth-order valence-electron chi connectivity index (χ4n) is 8.08. The number of nitrogens with one attached hydrogen (secondary N) is 1. The predicted octanol–water partition coefficient (Wildman–Crippen LogP) is 5.09. The van der Waals surface area contributed by atoms with Crippen LogP contribution in [0.3, 0.4) is 0 Å². The molecule has 0 radical (unpaired) electrons. The highest BCUT2D eigenvalue weighted by atomic mass is 16.6. The lowest BCUT2D eigenvalue weighted by molar-refractivity contribution is -0.125. The van der Waals surface area contributed by atoms with Gasteiger partial charge in [-0.2, -0.15) is 0 Å². The van der Waals surface area contributed by atoms with E-state index in [1.165, 1.54) is 30.5 Å². The van der Waals surface area contributed by atoms with Gasteiger partial charge in [-0.05, 0) is 111 Å². The molecule has 3 fully saturated rings. The number of oxime groups is 1. The van der Waals surface area contributed by atoms with E-state index in [4.69, 9.17) is 9.94 Å². The van der Waals surface area contributed by atoms with Crippen LogP contribution in [0.2, 0.25) is 0 Å². The van der Waals surface area contributed by atoms with Gasteiger partial charge in [0, 0.05) is 6.54 Å². The molecule has 4 aliphatic carbocycles. The molecule has 6 unspecified atom stereocenters. The van der Waals surface area contributed by atoms with Crippen molar-refractivity contribution in [2.45, 2.75) is 84.3 Å². The fourth-order valence-corrected chi connectivity index (χ4v) is 8.08. The minimum atomic E-state index is -0.973. The second-order valence-electron chi connectivity index (χ2n) is 12.4. The molecule has 4 aliphatic rings. The Balaban J connectivity index is 1.16. The minimum absolute atomic E-state index is 0.0450. The van der Waals surface area contributed by atoms with E-state index in [1.807, 2.05) is 0 Å². The highest BCUT2D eigenvalue weighted by Gasteiger charge is 2.62. The summed E-state index contributed by atoms with van der Waals surface area (Å²) in [6.45, 7) is 6.99. The summed E-state index contributed by atoms with van der Waals surface area (Å²) in [5.74, 6) is 0.731. The third-order valence-corrected chi connectivity index (χ3v) is 10.6. The fraction of sp³-hybridized carbons (Fsp3) is 0.633. The zero-order chi connectivity index (χ0) is 26.4. The lowest BCUT2D eigenvalue weighted by atomic mass is 9.46. The average molecular weight is 509 g/mol. The van der Waals surface area contributed by atoms with Gasteiger partial charge in [-0.15, -0.1) is 0 Å². The maximum atomic E-state index is 12.2. The average Bonchev–Trinajstić information content (AvgIpc) is 3.11. The van der Waals surface area contributed by atoms with Crippen LogP contribution in [-0.4, -0.2) is 40.0 Å².